The van der Waals surface area contributed by atoms with Crippen LogP contribution in [0.2, 0.25) is 0 Å². The first-order valence-corrected chi connectivity index (χ1v) is 11.8. The molecule has 198 valence electrons. The summed E-state index contributed by atoms with van der Waals surface area (Å²) in [6.45, 7) is 3.91. The Kier molecular flexibility index (Phi) is 7.70. The molecular weight excluding hydrogens is 499 g/mol. The molecule has 4 rings (SSSR count). The molecule has 0 aliphatic rings. The Morgan fingerprint density at radius 2 is 1.71 bits per heavy atom. The number of benzene rings is 3. The molecule has 0 amide bonds. The lowest BCUT2D eigenvalue weighted by Gasteiger charge is -2.18. The molecule has 0 aliphatic carbocycles. The van der Waals surface area contributed by atoms with Gasteiger partial charge in [0, 0.05) is 11.1 Å². The zero-order valence-electron chi connectivity index (χ0n) is 21.2. The van der Waals surface area contributed by atoms with Gasteiger partial charge in [0.25, 0.3) is 5.56 Å². The van der Waals surface area contributed by atoms with Crippen LogP contribution in [0.3, 0.4) is 0 Å². The van der Waals surface area contributed by atoms with Gasteiger partial charge in [-0.25, -0.2) is 4.98 Å². The molecule has 0 saturated carbocycles. The van der Waals surface area contributed by atoms with Gasteiger partial charge in [0.1, 0.15) is 0 Å². The lowest BCUT2D eigenvalue weighted by Crippen LogP contribution is -2.20. The van der Waals surface area contributed by atoms with Crippen molar-refractivity contribution >= 4 is 17.1 Å². The summed E-state index contributed by atoms with van der Waals surface area (Å²) in [4.78, 5) is 17.9. The molecule has 10 heteroatoms. The molecule has 0 N–H and O–H groups in total. The quantitative estimate of drug-likeness (QED) is 0.258. The smallest absolute Gasteiger partial charge is 0.416 e. The van der Waals surface area contributed by atoms with Gasteiger partial charge in [0.05, 0.1) is 43.0 Å². The third-order valence-electron chi connectivity index (χ3n) is 5.90. The Morgan fingerprint density at radius 1 is 1.03 bits per heavy atom. The summed E-state index contributed by atoms with van der Waals surface area (Å²) in [6.07, 6.45) is -2.50. The van der Waals surface area contributed by atoms with E-state index in [9.17, 15) is 18.0 Å². The average Bonchev–Trinajstić information content (AvgIpc) is 2.92. The van der Waals surface area contributed by atoms with Crippen LogP contribution in [0.5, 0.6) is 17.2 Å². The number of nitrogens with zero attached hydrogens (tertiary/aromatic N) is 3. The van der Waals surface area contributed by atoms with Gasteiger partial charge in [-0.3, -0.25) is 4.79 Å². The van der Waals surface area contributed by atoms with Crippen molar-refractivity contribution in [3.63, 3.8) is 0 Å². The minimum atomic E-state index is -4.56. The van der Waals surface area contributed by atoms with E-state index in [0.717, 1.165) is 23.2 Å². The first-order chi connectivity index (χ1) is 18.2. The van der Waals surface area contributed by atoms with E-state index in [0.29, 0.717) is 28.3 Å². The summed E-state index contributed by atoms with van der Waals surface area (Å²) in [6, 6.07) is 14.5. The fourth-order valence-corrected chi connectivity index (χ4v) is 3.75. The molecule has 0 bridgehead atoms. The van der Waals surface area contributed by atoms with E-state index in [4.69, 9.17) is 14.2 Å². The van der Waals surface area contributed by atoms with Crippen LogP contribution in [-0.4, -0.2) is 36.2 Å². The van der Waals surface area contributed by atoms with E-state index >= 15 is 0 Å². The van der Waals surface area contributed by atoms with Crippen molar-refractivity contribution in [2.75, 3.05) is 14.2 Å². The van der Waals surface area contributed by atoms with E-state index in [2.05, 4.69) is 10.1 Å². The van der Waals surface area contributed by atoms with Crippen molar-refractivity contribution in [1.29, 1.82) is 0 Å². The molecule has 0 unspecified atom stereocenters. The summed E-state index contributed by atoms with van der Waals surface area (Å²) in [5.74, 6) is 1.18. The van der Waals surface area contributed by atoms with Crippen LogP contribution in [0.25, 0.3) is 22.3 Å². The number of rotatable bonds is 8. The van der Waals surface area contributed by atoms with E-state index in [1.54, 1.807) is 36.4 Å². The van der Waals surface area contributed by atoms with Crippen molar-refractivity contribution < 1.29 is 27.4 Å². The van der Waals surface area contributed by atoms with Crippen molar-refractivity contribution in [2.24, 2.45) is 5.10 Å². The maximum Gasteiger partial charge on any atom is 0.416 e. The molecule has 0 fully saturated rings. The molecule has 0 saturated heterocycles. The van der Waals surface area contributed by atoms with Gasteiger partial charge in [0.15, 0.2) is 17.3 Å². The number of para-hydroxylation sites is 1. The number of aromatic nitrogens is 2. The summed E-state index contributed by atoms with van der Waals surface area (Å²) >= 11 is 0. The van der Waals surface area contributed by atoms with Crippen LogP contribution in [0, 0.1) is 0 Å². The van der Waals surface area contributed by atoms with Gasteiger partial charge in [-0.1, -0.05) is 31.2 Å². The molecule has 1 atom stereocenters. The predicted molar refractivity (Wildman–Crippen MR) is 139 cm³/mol. The zero-order chi connectivity index (χ0) is 27.4. The topological polar surface area (TPSA) is 74.9 Å². The Morgan fingerprint density at radius 3 is 2.34 bits per heavy atom. The molecule has 0 spiro atoms. The second kappa shape index (κ2) is 11.0. The second-order valence-electron chi connectivity index (χ2n) is 8.48. The third-order valence-corrected chi connectivity index (χ3v) is 5.90. The molecule has 1 heterocycles. The van der Waals surface area contributed by atoms with Gasteiger partial charge < -0.3 is 14.2 Å². The highest BCUT2D eigenvalue weighted by Gasteiger charge is 2.31. The van der Waals surface area contributed by atoms with Crippen molar-refractivity contribution in [3.05, 3.63) is 82.1 Å². The number of ether oxygens (including phenoxy) is 3. The first kappa shape index (κ1) is 26.7. The summed E-state index contributed by atoms with van der Waals surface area (Å²) in [5.41, 5.74) is -0.460. The highest BCUT2D eigenvalue weighted by molar-refractivity contribution is 5.84. The van der Waals surface area contributed by atoms with Crippen molar-refractivity contribution in [2.45, 2.75) is 32.5 Å². The fourth-order valence-electron chi connectivity index (χ4n) is 3.75. The highest BCUT2D eigenvalue weighted by atomic mass is 19.4. The lowest BCUT2D eigenvalue weighted by molar-refractivity contribution is -0.137. The molecular formula is C28H26F3N3O4. The SMILES string of the molecule is CC[C@@H](C)Oc1c(OC)cc(C=Nn2c(-c3cccc(C(F)(F)F)c3)nc3ccccc3c2=O)cc1OC. The van der Waals surface area contributed by atoms with Crippen LogP contribution in [0.4, 0.5) is 13.2 Å². The highest BCUT2D eigenvalue weighted by Crippen LogP contribution is 2.39. The Bertz CT molecular complexity index is 1520. The molecule has 38 heavy (non-hydrogen) atoms. The molecule has 0 aliphatic heterocycles. The van der Waals surface area contributed by atoms with Gasteiger partial charge in [-0.05, 0) is 49.7 Å². The molecule has 1 aromatic heterocycles. The van der Waals surface area contributed by atoms with Crippen LogP contribution >= 0.6 is 0 Å². The summed E-state index contributed by atoms with van der Waals surface area (Å²) in [5, 5.41) is 4.61. The minimum absolute atomic E-state index is 0.0355. The Labute approximate surface area is 217 Å². The largest absolute Gasteiger partial charge is 0.493 e. The van der Waals surface area contributed by atoms with E-state index in [1.165, 1.54) is 32.6 Å². The lowest BCUT2D eigenvalue weighted by atomic mass is 10.1. The maximum atomic E-state index is 13.4. The predicted octanol–water partition coefficient (Wildman–Crippen LogP) is 6.16. The summed E-state index contributed by atoms with van der Waals surface area (Å²) in [7, 11) is 2.98. The second-order valence-corrected chi connectivity index (χ2v) is 8.48. The van der Waals surface area contributed by atoms with E-state index in [-0.39, 0.29) is 22.9 Å². The molecule has 4 aromatic rings. The number of hydrogen-bond donors (Lipinski definition) is 0. The van der Waals surface area contributed by atoms with E-state index < -0.39 is 17.3 Å². The molecule has 3 aromatic carbocycles. The first-order valence-electron chi connectivity index (χ1n) is 11.8. The maximum absolute atomic E-state index is 13.4. The van der Waals surface area contributed by atoms with Crippen LogP contribution < -0.4 is 19.8 Å². The Balaban J connectivity index is 1.88. The van der Waals surface area contributed by atoms with Gasteiger partial charge in [-0.15, -0.1) is 0 Å². The third kappa shape index (κ3) is 5.49. The van der Waals surface area contributed by atoms with Crippen molar-refractivity contribution in [1.82, 2.24) is 9.66 Å². The standard InChI is InChI=1S/C28H26F3N3O4/c1-5-17(2)38-25-23(36-3)13-18(14-24(25)37-4)16-32-34-26(19-9-8-10-20(15-19)28(29,30)31)33-22-12-7-6-11-21(22)27(34)35/h6-17H,5H2,1-4H3/t17-/m1/s1. The summed E-state index contributed by atoms with van der Waals surface area (Å²) < 4.78 is 58.2. The van der Waals surface area contributed by atoms with Gasteiger partial charge in [-0.2, -0.15) is 22.9 Å². The monoisotopic (exact) mass is 525 g/mol. The normalized spacial score (nSPS) is 12.6. The fraction of sp³-hybridized carbons (Fsp3) is 0.250. The minimum Gasteiger partial charge on any atom is -0.493 e. The van der Waals surface area contributed by atoms with Crippen LogP contribution in [0.15, 0.2) is 70.6 Å². The van der Waals surface area contributed by atoms with E-state index in [1.807, 2.05) is 13.8 Å². The van der Waals surface area contributed by atoms with Gasteiger partial charge in [0.2, 0.25) is 5.75 Å². The number of hydrogen-bond acceptors (Lipinski definition) is 6. The number of halogens is 3. The number of alkyl halides is 3. The van der Waals surface area contributed by atoms with Gasteiger partial charge >= 0.3 is 6.18 Å². The molecule has 7 nitrogen and oxygen atoms in total. The van der Waals surface area contributed by atoms with Crippen LogP contribution in [0.1, 0.15) is 31.4 Å². The van der Waals surface area contributed by atoms with Crippen molar-refractivity contribution in [3.8, 4) is 28.6 Å². The van der Waals surface area contributed by atoms with Crippen LogP contribution in [-0.2, 0) is 6.18 Å². The zero-order valence-corrected chi connectivity index (χ0v) is 21.2. The number of fused-ring (bicyclic) bond motifs is 1. The average molecular weight is 526 g/mol. The number of methoxy groups -OCH3 is 2. The molecule has 0 radical (unpaired) electrons. The Hall–Kier alpha value is -4.34.